The zero-order chi connectivity index (χ0) is 19.6. The molecule has 4 nitrogen and oxygen atoms in total. The fourth-order valence-electron chi connectivity index (χ4n) is 3.20. The number of hydrogen-bond acceptors (Lipinski definition) is 3. The minimum absolute atomic E-state index is 0.0275. The first-order valence-electron chi connectivity index (χ1n) is 8.61. The summed E-state index contributed by atoms with van der Waals surface area (Å²) >= 11 is 0. The number of nitrogens with zero attached hydrogens (tertiary/aromatic N) is 1. The summed E-state index contributed by atoms with van der Waals surface area (Å²) in [6.07, 6.45) is -5.14. The van der Waals surface area contributed by atoms with Crippen molar-refractivity contribution >= 4 is 5.91 Å². The molecule has 0 aliphatic carbocycles. The van der Waals surface area contributed by atoms with Gasteiger partial charge >= 0.3 is 6.18 Å². The first-order valence-corrected chi connectivity index (χ1v) is 8.61. The van der Waals surface area contributed by atoms with Crippen molar-refractivity contribution in [1.29, 1.82) is 0 Å². The number of rotatable bonds is 5. The van der Waals surface area contributed by atoms with Crippen molar-refractivity contribution in [3.05, 3.63) is 64.7 Å². The Bertz CT molecular complexity index is 835. The molecule has 7 heteroatoms. The molecule has 1 amide bonds. The Kier molecular flexibility index (Phi) is 5.41. The van der Waals surface area contributed by atoms with Crippen molar-refractivity contribution < 1.29 is 27.4 Å². The van der Waals surface area contributed by atoms with Crippen LogP contribution in [0.4, 0.5) is 13.2 Å². The summed E-state index contributed by atoms with van der Waals surface area (Å²) in [6.45, 7) is 3.62. The summed E-state index contributed by atoms with van der Waals surface area (Å²) in [4.78, 5) is 13.8. The van der Waals surface area contributed by atoms with Crippen molar-refractivity contribution in [3.8, 4) is 5.75 Å². The molecule has 1 aliphatic rings. The van der Waals surface area contributed by atoms with E-state index in [9.17, 15) is 18.0 Å². The predicted molar refractivity (Wildman–Crippen MR) is 93.0 cm³/mol. The molecule has 3 rings (SSSR count). The Hall–Kier alpha value is -2.54. The van der Waals surface area contributed by atoms with E-state index < -0.39 is 18.0 Å². The van der Waals surface area contributed by atoms with Gasteiger partial charge in [0.2, 0.25) is 0 Å². The largest absolute Gasteiger partial charge is 0.493 e. The lowest BCUT2D eigenvalue weighted by molar-refractivity contribution is -0.138. The fourth-order valence-corrected chi connectivity index (χ4v) is 3.20. The molecule has 2 aromatic carbocycles. The molecule has 1 heterocycles. The first-order chi connectivity index (χ1) is 12.8. The lowest BCUT2D eigenvalue weighted by Crippen LogP contribution is -2.29. The maximum Gasteiger partial charge on any atom is 0.416 e. The number of para-hydroxylation sites is 1. The van der Waals surface area contributed by atoms with E-state index in [4.69, 9.17) is 9.47 Å². The number of carbonyl (C=O) groups excluding carboxylic acids is 1. The van der Waals surface area contributed by atoms with E-state index in [1.54, 1.807) is 24.3 Å². The maximum atomic E-state index is 13.2. The van der Waals surface area contributed by atoms with Gasteiger partial charge < -0.3 is 14.4 Å². The quantitative estimate of drug-likeness (QED) is 0.769. The van der Waals surface area contributed by atoms with Crippen LogP contribution >= 0.6 is 0 Å². The molecule has 27 heavy (non-hydrogen) atoms. The smallest absolute Gasteiger partial charge is 0.416 e. The van der Waals surface area contributed by atoms with E-state index in [0.717, 1.165) is 6.07 Å². The van der Waals surface area contributed by atoms with Gasteiger partial charge in [0, 0.05) is 12.1 Å². The van der Waals surface area contributed by atoms with Gasteiger partial charge in [-0.2, -0.15) is 13.2 Å². The fraction of sp³-hybridized carbons (Fsp3) is 0.350. The van der Waals surface area contributed by atoms with Gasteiger partial charge in [-0.1, -0.05) is 30.3 Å². The lowest BCUT2D eigenvalue weighted by atomic mass is 10.0. The van der Waals surface area contributed by atoms with Crippen LogP contribution in [-0.4, -0.2) is 24.0 Å². The number of benzene rings is 2. The molecule has 1 saturated heterocycles. The molecule has 2 aromatic rings. The molecule has 0 saturated carbocycles. The molecule has 1 fully saturated rings. The molecular weight excluding hydrogens is 359 g/mol. The molecule has 0 bridgehead atoms. The van der Waals surface area contributed by atoms with Crippen LogP contribution in [0.5, 0.6) is 5.75 Å². The number of amides is 1. The number of ether oxygens (including phenoxy) is 2. The van der Waals surface area contributed by atoms with Crippen LogP contribution in [-0.2, 0) is 22.3 Å². The summed E-state index contributed by atoms with van der Waals surface area (Å²) in [6, 6.07) is 11.2. The highest BCUT2D eigenvalue weighted by atomic mass is 19.4. The lowest BCUT2D eigenvalue weighted by Gasteiger charge is -2.26. The Morgan fingerprint density at radius 3 is 2.63 bits per heavy atom. The van der Waals surface area contributed by atoms with Crippen LogP contribution in [0, 0.1) is 6.92 Å². The van der Waals surface area contributed by atoms with Crippen molar-refractivity contribution in [1.82, 2.24) is 4.90 Å². The first kappa shape index (κ1) is 19.2. The van der Waals surface area contributed by atoms with E-state index in [1.165, 1.54) is 17.9 Å². The Morgan fingerprint density at radius 1 is 1.19 bits per heavy atom. The van der Waals surface area contributed by atoms with Crippen molar-refractivity contribution in [2.45, 2.75) is 32.8 Å². The van der Waals surface area contributed by atoms with Gasteiger partial charge in [-0.25, -0.2) is 0 Å². The molecule has 0 spiro atoms. The second-order valence-corrected chi connectivity index (χ2v) is 6.24. The molecule has 144 valence electrons. The van der Waals surface area contributed by atoms with Crippen LogP contribution in [0.15, 0.2) is 42.5 Å². The van der Waals surface area contributed by atoms with E-state index in [0.29, 0.717) is 23.5 Å². The normalized spacial score (nSPS) is 17.4. The Labute approximate surface area is 155 Å². The third-order valence-corrected chi connectivity index (χ3v) is 4.55. The SMILES string of the molecule is CCOc1ccccc1C1OCC(=O)N1Cc1cccc(C(F)(F)F)c1C. The maximum absolute atomic E-state index is 13.2. The summed E-state index contributed by atoms with van der Waals surface area (Å²) in [7, 11) is 0. The van der Waals surface area contributed by atoms with Gasteiger partial charge in [0.25, 0.3) is 5.91 Å². The van der Waals surface area contributed by atoms with E-state index in [2.05, 4.69) is 0 Å². The van der Waals surface area contributed by atoms with Gasteiger partial charge in [-0.05, 0) is 37.1 Å². The van der Waals surface area contributed by atoms with Crippen LogP contribution in [0.1, 0.15) is 35.4 Å². The van der Waals surface area contributed by atoms with Crippen molar-refractivity contribution in [3.63, 3.8) is 0 Å². The predicted octanol–water partition coefficient (Wildman–Crippen LogP) is 4.47. The highest BCUT2D eigenvalue weighted by Gasteiger charge is 2.37. The standard InChI is InChI=1S/C20H20F3NO3/c1-3-26-17-10-5-4-8-15(17)19-24(18(25)12-27-19)11-14-7-6-9-16(13(14)2)20(21,22)23/h4-10,19H,3,11-12H2,1-2H3. The second kappa shape index (κ2) is 7.60. The van der Waals surface area contributed by atoms with E-state index >= 15 is 0 Å². The summed E-state index contributed by atoms with van der Waals surface area (Å²) in [5.74, 6) is 0.313. The third-order valence-electron chi connectivity index (χ3n) is 4.55. The van der Waals surface area contributed by atoms with Crippen molar-refractivity contribution in [2.75, 3.05) is 13.2 Å². The van der Waals surface area contributed by atoms with Gasteiger partial charge in [0.15, 0.2) is 6.23 Å². The second-order valence-electron chi connectivity index (χ2n) is 6.24. The molecule has 1 atom stereocenters. The number of halogens is 3. The highest BCUT2D eigenvalue weighted by Crippen LogP contribution is 2.37. The van der Waals surface area contributed by atoms with Crippen molar-refractivity contribution in [2.24, 2.45) is 0 Å². The van der Waals surface area contributed by atoms with Gasteiger partial charge in [0.05, 0.1) is 12.2 Å². The minimum atomic E-state index is -4.44. The summed E-state index contributed by atoms with van der Waals surface area (Å²) < 4.78 is 50.8. The molecule has 0 aromatic heterocycles. The van der Waals surface area contributed by atoms with Gasteiger partial charge in [-0.15, -0.1) is 0 Å². The van der Waals surface area contributed by atoms with Gasteiger partial charge in [0.1, 0.15) is 12.4 Å². The van der Waals surface area contributed by atoms with Crippen LogP contribution in [0.25, 0.3) is 0 Å². The number of alkyl halides is 3. The summed E-state index contributed by atoms with van der Waals surface area (Å²) in [5.41, 5.74) is 0.526. The topological polar surface area (TPSA) is 38.8 Å². The third kappa shape index (κ3) is 3.93. The van der Waals surface area contributed by atoms with Crippen LogP contribution in [0.2, 0.25) is 0 Å². The molecule has 0 N–H and O–H groups in total. The summed E-state index contributed by atoms with van der Waals surface area (Å²) in [5, 5.41) is 0. The van der Waals surface area contributed by atoms with E-state index in [1.807, 2.05) is 13.0 Å². The van der Waals surface area contributed by atoms with Gasteiger partial charge in [-0.3, -0.25) is 4.79 Å². The number of carbonyl (C=O) groups is 1. The number of hydrogen-bond donors (Lipinski definition) is 0. The molecule has 1 unspecified atom stereocenters. The average molecular weight is 379 g/mol. The molecule has 0 radical (unpaired) electrons. The minimum Gasteiger partial charge on any atom is -0.493 e. The average Bonchev–Trinajstić information content (AvgIpc) is 2.97. The zero-order valence-electron chi connectivity index (χ0n) is 15.0. The van der Waals surface area contributed by atoms with E-state index in [-0.39, 0.29) is 24.6 Å². The van der Waals surface area contributed by atoms with Crippen LogP contribution < -0.4 is 4.74 Å². The van der Waals surface area contributed by atoms with Crippen LogP contribution in [0.3, 0.4) is 0 Å². The molecule has 1 aliphatic heterocycles. The molecular formula is C20H20F3NO3. The highest BCUT2D eigenvalue weighted by molar-refractivity contribution is 5.79. The zero-order valence-corrected chi connectivity index (χ0v) is 15.0. The Morgan fingerprint density at radius 2 is 1.93 bits per heavy atom. The Balaban J connectivity index is 1.93. The monoisotopic (exact) mass is 379 g/mol.